The highest BCUT2D eigenvalue weighted by Gasteiger charge is 2.46. The molecule has 2 atom stereocenters. The smallest absolute Gasteiger partial charge is 0.224 e. The Morgan fingerprint density at radius 1 is 1.17 bits per heavy atom. The standard InChI is InChI=1S/C19H22N4O/c1-14-4-2-6-16(21-14)13-22-9-7-17-18(22)10-19(24)23(17)12-15-5-3-8-20-11-15/h2-6,8,11,17-18H,7,9-10,12-13H2,1H3/t17-,18+/m1/s1. The van der Waals surface area contributed by atoms with Gasteiger partial charge in [0.1, 0.15) is 0 Å². The molecule has 24 heavy (non-hydrogen) atoms. The van der Waals surface area contributed by atoms with Crippen molar-refractivity contribution in [3.05, 3.63) is 59.7 Å². The molecule has 4 rings (SSSR count). The van der Waals surface area contributed by atoms with E-state index < -0.39 is 0 Å². The Bertz CT molecular complexity index is 733. The summed E-state index contributed by atoms with van der Waals surface area (Å²) in [6.45, 7) is 4.55. The fourth-order valence-electron chi connectivity index (χ4n) is 4.00. The first-order chi connectivity index (χ1) is 11.7. The normalized spacial score (nSPS) is 23.7. The van der Waals surface area contributed by atoms with Gasteiger partial charge < -0.3 is 4.90 Å². The third kappa shape index (κ3) is 2.91. The summed E-state index contributed by atoms with van der Waals surface area (Å²) in [6.07, 6.45) is 5.29. The van der Waals surface area contributed by atoms with E-state index in [0.717, 1.165) is 36.5 Å². The second-order valence-corrected chi connectivity index (χ2v) is 6.75. The summed E-state index contributed by atoms with van der Waals surface area (Å²) in [7, 11) is 0. The van der Waals surface area contributed by atoms with Gasteiger partial charge >= 0.3 is 0 Å². The molecule has 0 saturated carbocycles. The van der Waals surface area contributed by atoms with Gasteiger partial charge in [0.2, 0.25) is 5.91 Å². The number of hydrogen-bond acceptors (Lipinski definition) is 4. The monoisotopic (exact) mass is 322 g/mol. The zero-order valence-electron chi connectivity index (χ0n) is 13.9. The number of aromatic nitrogens is 2. The molecule has 4 heterocycles. The van der Waals surface area contributed by atoms with Crippen LogP contribution in [0.3, 0.4) is 0 Å². The number of carbonyl (C=O) groups excluding carboxylic acids is 1. The summed E-state index contributed by atoms with van der Waals surface area (Å²) in [5.41, 5.74) is 3.24. The Hall–Kier alpha value is -2.27. The van der Waals surface area contributed by atoms with E-state index in [4.69, 9.17) is 0 Å². The summed E-state index contributed by atoms with van der Waals surface area (Å²) in [5, 5.41) is 0. The van der Waals surface area contributed by atoms with Crippen LogP contribution in [0.25, 0.3) is 0 Å². The van der Waals surface area contributed by atoms with Crippen LogP contribution in [-0.4, -0.2) is 44.3 Å². The van der Waals surface area contributed by atoms with Crippen LogP contribution in [0.1, 0.15) is 29.8 Å². The van der Waals surface area contributed by atoms with E-state index in [1.165, 1.54) is 0 Å². The molecule has 0 spiro atoms. The summed E-state index contributed by atoms with van der Waals surface area (Å²) >= 11 is 0. The van der Waals surface area contributed by atoms with E-state index in [-0.39, 0.29) is 5.91 Å². The number of likely N-dealkylation sites (tertiary alicyclic amines) is 2. The first kappa shape index (κ1) is 15.3. The Kier molecular flexibility index (Phi) is 4.02. The molecule has 2 aromatic rings. The topological polar surface area (TPSA) is 49.3 Å². The lowest BCUT2D eigenvalue weighted by Gasteiger charge is -2.25. The van der Waals surface area contributed by atoms with Gasteiger partial charge in [0.15, 0.2) is 0 Å². The van der Waals surface area contributed by atoms with Crippen molar-refractivity contribution in [3.8, 4) is 0 Å². The summed E-state index contributed by atoms with van der Waals surface area (Å²) in [5.74, 6) is 0.260. The Morgan fingerprint density at radius 3 is 2.88 bits per heavy atom. The summed E-state index contributed by atoms with van der Waals surface area (Å²) in [4.78, 5) is 25.7. The zero-order valence-corrected chi connectivity index (χ0v) is 13.9. The van der Waals surface area contributed by atoms with Crippen LogP contribution in [0.2, 0.25) is 0 Å². The zero-order chi connectivity index (χ0) is 16.5. The van der Waals surface area contributed by atoms with Gasteiger partial charge in [-0.1, -0.05) is 12.1 Å². The molecule has 0 aromatic carbocycles. The number of rotatable bonds is 4. The lowest BCUT2D eigenvalue weighted by Crippen LogP contribution is -2.36. The van der Waals surface area contributed by atoms with Crippen molar-refractivity contribution >= 4 is 5.91 Å². The maximum atomic E-state index is 12.5. The maximum Gasteiger partial charge on any atom is 0.224 e. The van der Waals surface area contributed by atoms with Crippen molar-refractivity contribution in [2.24, 2.45) is 0 Å². The highest BCUT2D eigenvalue weighted by molar-refractivity contribution is 5.80. The molecule has 124 valence electrons. The lowest BCUT2D eigenvalue weighted by atomic mass is 10.1. The molecule has 2 fully saturated rings. The van der Waals surface area contributed by atoms with Crippen LogP contribution < -0.4 is 0 Å². The molecule has 0 unspecified atom stereocenters. The predicted octanol–water partition coefficient (Wildman–Crippen LogP) is 2.16. The van der Waals surface area contributed by atoms with Gasteiger partial charge in [-0.25, -0.2) is 0 Å². The molecule has 5 nitrogen and oxygen atoms in total. The number of fused-ring (bicyclic) bond motifs is 1. The second-order valence-electron chi connectivity index (χ2n) is 6.75. The van der Waals surface area contributed by atoms with Gasteiger partial charge in [0.25, 0.3) is 0 Å². The molecule has 0 N–H and O–H groups in total. The van der Waals surface area contributed by atoms with Crippen LogP contribution in [-0.2, 0) is 17.9 Å². The number of carbonyl (C=O) groups is 1. The van der Waals surface area contributed by atoms with Crippen LogP contribution in [0.4, 0.5) is 0 Å². The van der Waals surface area contributed by atoms with E-state index in [1.54, 1.807) is 6.20 Å². The molecule has 2 aliphatic heterocycles. The minimum Gasteiger partial charge on any atom is -0.334 e. The number of hydrogen-bond donors (Lipinski definition) is 0. The van der Waals surface area contributed by atoms with E-state index >= 15 is 0 Å². The van der Waals surface area contributed by atoms with Crippen molar-refractivity contribution in [3.63, 3.8) is 0 Å². The number of nitrogens with zero attached hydrogens (tertiary/aromatic N) is 4. The molecule has 1 amide bonds. The first-order valence-electron chi connectivity index (χ1n) is 8.55. The third-order valence-electron chi connectivity index (χ3n) is 5.12. The van der Waals surface area contributed by atoms with Crippen molar-refractivity contribution in [2.75, 3.05) is 6.54 Å². The number of pyridine rings is 2. The van der Waals surface area contributed by atoms with E-state index in [2.05, 4.69) is 27.0 Å². The molecule has 0 radical (unpaired) electrons. The van der Waals surface area contributed by atoms with Crippen LogP contribution in [0.15, 0.2) is 42.7 Å². The summed E-state index contributed by atoms with van der Waals surface area (Å²) in [6, 6.07) is 10.8. The van der Waals surface area contributed by atoms with E-state index in [0.29, 0.717) is 25.0 Å². The molecule has 0 bridgehead atoms. The molecular formula is C19H22N4O. The molecule has 2 aliphatic rings. The first-order valence-corrected chi connectivity index (χ1v) is 8.55. The fourth-order valence-corrected chi connectivity index (χ4v) is 4.00. The van der Waals surface area contributed by atoms with Gasteiger partial charge in [0.05, 0.1) is 5.69 Å². The minimum absolute atomic E-state index is 0.260. The van der Waals surface area contributed by atoms with E-state index in [9.17, 15) is 4.79 Å². The van der Waals surface area contributed by atoms with Gasteiger partial charge in [0, 0.05) is 56.2 Å². The quantitative estimate of drug-likeness (QED) is 0.865. The van der Waals surface area contributed by atoms with Gasteiger partial charge in [-0.2, -0.15) is 0 Å². The van der Waals surface area contributed by atoms with Crippen LogP contribution >= 0.6 is 0 Å². The van der Waals surface area contributed by atoms with Crippen LogP contribution in [0, 0.1) is 6.92 Å². The second kappa shape index (κ2) is 6.32. The van der Waals surface area contributed by atoms with Gasteiger partial charge in [-0.15, -0.1) is 0 Å². The fraction of sp³-hybridized carbons (Fsp3) is 0.421. The van der Waals surface area contributed by atoms with Crippen molar-refractivity contribution in [1.29, 1.82) is 0 Å². The molecule has 2 aromatic heterocycles. The molecule has 0 aliphatic carbocycles. The largest absolute Gasteiger partial charge is 0.334 e. The Morgan fingerprint density at radius 2 is 2.08 bits per heavy atom. The SMILES string of the molecule is Cc1cccc(CN2CC[C@@H]3[C@@H]2CC(=O)N3Cc2cccnc2)n1. The van der Waals surface area contributed by atoms with E-state index in [1.807, 2.05) is 36.2 Å². The van der Waals surface area contributed by atoms with Gasteiger partial charge in [-0.05, 0) is 37.1 Å². The Labute approximate surface area is 142 Å². The number of aryl methyl sites for hydroxylation is 1. The lowest BCUT2D eigenvalue weighted by molar-refractivity contribution is -0.129. The maximum absolute atomic E-state index is 12.5. The van der Waals surface area contributed by atoms with Gasteiger partial charge in [-0.3, -0.25) is 19.7 Å². The number of amides is 1. The third-order valence-corrected chi connectivity index (χ3v) is 5.12. The summed E-state index contributed by atoms with van der Waals surface area (Å²) < 4.78 is 0. The Balaban J connectivity index is 1.47. The van der Waals surface area contributed by atoms with Crippen molar-refractivity contribution in [1.82, 2.24) is 19.8 Å². The molecule has 5 heteroatoms. The van der Waals surface area contributed by atoms with Crippen molar-refractivity contribution in [2.45, 2.75) is 44.9 Å². The average Bonchev–Trinajstić information content (AvgIpc) is 3.09. The molecule has 2 saturated heterocycles. The average molecular weight is 322 g/mol. The highest BCUT2D eigenvalue weighted by atomic mass is 16.2. The minimum atomic E-state index is 0.260. The highest BCUT2D eigenvalue weighted by Crippen LogP contribution is 2.34. The predicted molar refractivity (Wildman–Crippen MR) is 91.0 cm³/mol. The van der Waals surface area contributed by atoms with Crippen molar-refractivity contribution < 1.29 is 4.79 Å². The molecular weight excluding hydrogens is 300 g/mol. The van der Waals surface area contributed by atoms with Crippen LogP contribution in [0.5, 0.6) is 0 Å².